The van der Waals surface area contributed by atoms with Gasteiger partial charge in [-0.25, -0.2) is 0 Å². The van der Waals surface area contributed by atoms with Crippen molar-refractivity contribution in [2.24, 2.45) is 5.92 Å². The minimum atomic E-state index is 0.750. The third-order valence-corrected chi connectivity index (χ3v) is 1.63. The van der Waals surface area contributed by atoms with Crippen LogP contribution >= 0.6 is 0 Å². The zero-order valence-electron chi connectivity index (χ0n) is 7.46. The van der Waals surface area contributed by atoms with Crippen molar-refractivity contribution in [2.75, 3.05) is 0 Å². The molecule has 0 saturated heterocycles. The fraction of sp³-hybridized carbons (Fsp3) is 0.667. The third-order valence-electron chi connectivity index (χ3n) is 1.63. The molecule has 11 heavy (non-hydrogen) atoms. The lowest BCUT2D eigenvalue weighted by Gasteiger charge is -2.03. The number of nitrogens with zero attached hydrogens (tertiary/aromatic N) is 2. The van der Waals surface area contributed by atoms with E-state index in [2.05, 4.69) is 25.1 Å². The number of aromatic nitrogens is 2. The standard InChI is InChI=1S/C9H15N2/c1-8(2)4-5-11-7-9(3)6-10-11/h7-8H,4-5H2,1-3H3. The van der Waals surface area contributed by atoms with Crippen molar-refractivity contribution in [1.82, 2.24) is 9.78 Å². The molecule has 1 aromatic heterocycles. The summed E-state index contributed by atoms with van der Waals surface area (Å²) in [7, 11) is 0. The van der Waals surface area contributed by atoms with Gasteiger partial charge in [-0.3, -0.25) is 4.68 Å². The average Bonchev–Trinajstić information content (AvgIpc) is 2.31. The van der Waals surface area contributed by atoms with Crippen LogP contribution in [0, 0.1) is 19.0 Å². The second-order valence-electron chi connectivity index (χ2n) is 3.37. The van der Waals surface area contributed by atoms with Gasteiger partial charge in [0.05, 0.1) is 0 Å². The normalized spacial score (nSPS) is 10.9. The molecule has 0 aliphatic carbocycles. The van der Waals surface area contributed by atoms with E-state index in [9.17, 15) is 0 Å². The maximum Gasteiger partial charge on any atom is 0.116 e. The fourth-order valence-electron chi connectivity index (χ4n) is 0.929. The summed E-state index contributed by atoms with van der Waals surface area (Å²) in [6.45, 7) is 7.47. The maximum atomic E-state index is 4.08. The summed E-state index contributed by atoms with van der Waals surface area (Å²) < 4.78 is 1.95. The van der Waals surface area contributed by atoms with Crippen LogP contribution in [0.2, 0.25) is 0 Å². The van der Waals surface area contributed by atoms with Gasteiger partial charge in [-0.2, -0.15) is 5.10 Å². The van der Waals surface area contributed by atoms with E-state index in [1.54, 1.807) is 0 Å². The van der Waals surface area contributed by atoms with E-state index in [4.69, 9.17) is 0 Å². The van der Waals surface area contributed by atoms with Gasteiger partial charge in [-0.15, -0.1) is 0 Å². The minimum Gasteiger partial charge on any atom is -0.272 e. The van der Waals surface area contributed by atoms with Crippen LogP contribution in [0.3, 0.4) is 0 Å². The third kappa shape index (κ3) is 2.74. The topological polar surface area (TPSA) is 17.8 Å². The molecule has 0 aliphatic rings. The molecule has 1 heterocycles. The molecule has 0 fully saturated rings. The molecule has 0 atom stereocenters. The Morgan fingerprint density at radius 1 is 1.64 bits per heavy atom. The van der Waals surface area contributed by atoms with Crippen molar-refractivity contribution in [3.8, 4) is 0 Å². The molecule has 1 aromatic rings. The minimum absolute atomic E-state index is 0.750. The molecule has 2 nitrogen and oxygen atoms in total. The Morgan fingerprint density at radius 2 is 2.36 bits per heavy atom. The lowest BCUT2D eigenvalue weighted by Crippen LogP contribution is -2.01. The van der Waals surface area contributed by atoms with Gasteiger partial charge in [-0.05, 0) is 24.8 Å². The van der Waals surface area contributed by atoms with E-state index in [1.807, 2.05) is 17.8 Å². The highest BCUT2D eigenvalue weighted by molar-refractivity contribution is 4.97. The second kappa shape index (κ2) is 3.56. The molecule has 61 valence electrons. The van der Waals surface area contributed by atoms with Gasteiger partial charge in [0.25, 0.3) is 0 Å². The molecule has 0 amide bonds. The first-order valence-electron chi connectivity index (χ1n) is 4.10. The molecule has 0 aromatic carbocycles. The van der Waals surface area contributed by atoms with Crippen LogP contribution < -0.4 is 0 Å². The summed E-state index contributed by atoms with van der Waals surface area (Å²) in [5.74, 6) is 0.750. The first kappa shape index (κ1) is 8.31. The Hall–Kier alpha value is -0.790. The molecule has 0 bridgehead atoms. The molecule has 0 unspecified atom stereocenters. The SMILES string of the molecule is Cc1[c]nn(CCC(C)C)c1. The molecule has 0 N–H and O–H groups in total. The molecule has 1 rings (SSSR count). The van der Waals surface area contributed by atoms with Crippen LogP contribution in [-0.4, -0.2) is 9.78 Å². The molecular weight excluding hydrogens is 136 g/mol. The Bertz CT molecular complexity index is 213. The largest absolute Gasteiger partial charge is 0.272 e. The first-order chi connectivity index (χ1) is 5.18. The van der Waals surface area contributed by atoms with Gasteiger partial charge in [0, 0.05) is 12.7 Å². The van der Waals surface area contributed by atoms with E-state index in [1.165, 1.54) is 6.42 Å². The van der Waals surface area contributed by atoms with E-state index < -0.39 is 0 Å². The number of hydrogen-bond donors (Lipinski definition) is 0. The summed E-state index contributed by atoms with van der Waals surface area (Å²) in [6.07, 6.45) is 6.12. The predicted octanol–water partition coefficient (Wildman–Crippen LogP) is 2.04. The zero-order valence-corrected chi connectivity index (χ0v) is 7.46. The summed E-state index contributed by atoms with van der Waals surface area (Å²) in [4.78, 5) is 0. The molecule has 2 heteroatoms. The van der Waals surface area contributed by atoms with Gasteiger partial charge in [-0.1, -0.05) is 13.8 Å². The van der Waals surface area contributed by atoms with Crippen LogP contribution in [0.1, 0.15) is 25.8 Å². The van der Waals surface area contributed by atoms with Crippen LogP contribution in [0.15, 0.2) is 6.20 Å². The lowest BCUT2D eigenvalue weighted by molar-refractivity contribution is 0.486. The summed E-state index contributed by atoms with van der Waals surface area (Å²) in [5, 5.41) is 4.08. The monoisotopic (exact) mass is 151 g/mol. The number of aryl methyl sites for hydroxylation is 2. The van der Waals surface area contributed by atoms with E-state index in [0.717, 1.165) is 18.0 Å². The summed E-state index contributed by atoms with van der Waals surface area (Å²) in [5.41, 5.74) is 1.12. The van der Waals surface area contributed by atoms with Crippen molar-refractivity contribution in [1.29, 1.82) is 0 Å². The van der Waals surface area contributed by atoms with Crippen molar-refractivity contribution >= 4 is 0 Å². The van der Waals surface area contributed by atoms with Gasteiger partial charge in [0.2, 0.25) is 0 Å². The quantitative estimate of drug-likeness (QED) is 0.646. The average molecular weight is 151 g/mol. The van der Waals surface area contributed by atoms with Gasteiger partial charge in [0.15, 0.2) is 0 Å². The molecule has 0 aliphatic heterocycles. The van der Waals surface area contributed by atoms with Crippen molar-refractivity contribution in [3.63, 3.8) is 0 Å². The van der Waals surface area contributed by atoms with Crippen molar-refractivity contribution in [2.45, 2.75) is 33.7 Å². The van der Waals surface area contributed by atoms with Gasteiger partial charge < -0.3 is 0 Å². The highest BCUT2D eigenvalue weighted by Gasteiger charge is 1.96. The van der Waals surface area contributed by atoms with E-state index in [0.29, 0.717) is 0 Å². The van der Waals surface area contributed by atoms with Gasteiger partial charge in [0.1, 0.15) is 6.20 Å². The highest BCUT2D eigenvalue weighted by Crippen LogP contribution is 2.02. The molecule has 0 spiro atoms. The van der Waals surface area contributed by atoms with Crippen LogP contribution in [0.4, 0.5) is 0 Å². The van der Waals surface area contributed by atoms with E-state index in [-0.39, 0.29) is 0 Å². The van der Waals surface area contributed by atoms with Crippen LogP contribution in [0.25, 0.3) is 0 Å². The molecule has 0 saturated carbocycles. The Kier molecular flexibility index (Phi) is 2.69. The fourth-order valence-corrected chi connectivity index (χ4v) is 0.929. The smallest absolute Gasteiger partial charge is 0.116 e. The summed E-state index contributed by atoms with van der Waals surface area (Å²) >= 11 is 0. The van der Waals surface area contributed by atoms with Crippen LogP contribution in [-0.2, 0) is 6.54 Å². The highest BCUT2D eigenvalue weighted by atomic mass is 15.3. The lowest BCUT2D eigenvalue weighted by atomic mass is 10.1. The van der Waals surface area contributed by atoms with Crippen molar-refractivity contribution < 1.29 is 0 Å². The van der Waals surface area contributed by atoms with Crippen LogP contribution in [0.5, 0.6) is 0 Å². The maximum absolute atomic E-state index is 4.08. The Labute approximate surface area is 68.2 Å². The first-order valence-corrected chi connectivity index (χ1v) is 4.10. The van der Waals surface area contributed by atoms with E-state index >= 15 is 0 Å². The Morgan fingerprint density at radius 3 is 2.82 bits per heavy atom. The van der Waals surface area contributed by atoms with Gasteiger partial charge >= 0.3 is 0 Å². The summed E-state index contributed by atoms with van der Waals surface area (Å²) in [6, 6.07) is 0. The number of hydrogen-bond acceptors (Lipinski definition) is 1. The van der Waals surface area contributed by atoms with Crippen molar-refractivity contribution in [3.05, 3.63) is 18.0 Å². The second-order valence-corrected chi connectivity index (χ2v) is 3.37. The predicted molar refractivity (Wildman–Crippen MR) is 45.3 cm³/mol. The molecule has 1 radical (unpaired) electrons. The Balaban J connectivity index is 2.39. The number of rotatable bonds is 3. The molecular formula is C9H15N2. The zero-order chi connectivity index (χ0) is 8.27.